The van der Waals surface area contributed by atoms with Crippen molar-refractivity contribution in [1.82, 2.24) is 4.57 Å². The van der Waals surface area contributed by atoms with Crippen molar-refractivity contribution in [2.75, 3.05) is 0 Å². The molecule has 0 saturated heterocycles. The van der Waals surface area contributed by atoms with Crippen LogP contribution in [0.4, 0.5) is 8.78 Å². The van der Waals surface area contributed by atoms with Crippen LogP contribution in [0.3, 0.4) is 0 Å². The Morgan fingerprint density at radius 3 is 2.71 bits per heavy atom. The normalized spacial score (nSPS) is 10.8. The van der Waals surface area contributed by atoms with Gasteiger partial charge in [0.15, 0.2) is 0 Å². The van der Waals surface area contributed by atoms with E-state index in [-0.39, 0.29) is 16.6 Å². The van der Waals surface area contributed by atoms with Gasteiger partial charge in [-0.3, -0.25) is 0 Å². The number of halogens is 3. The number of fused-ring (bicyclic) bond motifs is 1. The molecule has 21 heavy (non-hydrogen) atoms. The predicted molar refractivity (Wildman–Crippen MR) is 79.8 cm³/mol. The van der Waals surface area contributed by atoms with Crippen molar-refractivity contribution in [2.24, 2.45) is 0 Å². The Morgan fingerprint density at radius 1 is 1.14 bits per heavy atom. The van der Waals surface area contributed by atoms with Gasteiger partial charge in [0, 0.05) is 22.7 Å². The molecular formula is C16H9BrF2N2. The van der Waals surface area contributed by atoms with Crippen LogP contribution >= 0.6 is 15.9 Å². The smallest absolute Gasteiger partial charge is 0.145 e. The van der Waals surface area contributed by atoms with Gasteiger partial charge in [-0.05, 0) is 52.3 Å². The van der Waals surface area contributed by atoms with Crippen LogP contribution in [-0.4, -0.2) is 4.57 Å². The third-order valence-corrected chi connectivity index (χ3v) is 3.98. The summed E-state index contributed by atoms with van der Waals surface area (Å²) in [6.07, 6.45) is 1.76. The van der Waals surface area contributed by atoms with E-state index in [1.54, 1.807) is 29.0 Å². The van der Waals surface area contributed by atoms with Gasteiger partial charge >= 0.3 is 0 Å². The Balaban J connectivity index is 2.07. The molecular weight excluding hydrogens is 338 g/mol. The molecule has 0 atom stereocenters. The van der Waals surface area contributed by atoms with Crippen molar-refractivity contribution in [3.05, 3.63) is 69.8 Å². The monoisotopic (exact) mass is 346 g/mol. The maximum absolute atomic E-state index is 14.0. The van der Waals surface area contributed by atoms with Gasteiger partial charge in [-0.25, -0.2) is 8.78 Å². The fourth-order valence-corrected chi connectivity index (χ4v) is 2.66. The first-order valence-corrected chi connectivity index (χ1v) is 7.01. The Bertz CT molecular complexity index is 878. The van der Waals surface area contributed by atoms with Gasteiger partial charge in [0.25, 0.3) is 0 Å². The molecule has 104 valence electrons. The molecule has 1 aromatic heterocycles. The highest BCUT2D eigenvalue weighted by atomic mass is 79.9. The Morgan fingerprint density at radius 2 is 1.95 bits per heavy atom. The Labute approximate surface area is 128 Å². The SMILES string of the molecule is N#Cc1ccc2c(ccn2Cc2c(F)ccc(Br)c2F)c1. The molecule has 0 aliphatic rings. The summed E-state index contributed by atoms with van der Waals surface area (Å²) in [4.78, 5) is 0. The summed E-state index contributed by atoms with van der Waals surface area (Å²) in [7, 11) is 0. The molecule has 2 nitrogen and oxygen atoms in total. The molecule has 0 radical (unpaired) electrons. The molecule has 1 heterocycles. The first-order chi connectivity index (χ1) is 10.1. The molecule has 0 aliphatic heterocycles. The summed E-state index contributed by atoms with van der Waals surface area (Å²) in [6.45, 7) is 0.0898. The molecule has 3 rings (SSSR count). The number of nitrogens with zero attached hydrogens (tertiary/aromatic N) is 2. The summed E-state index contributed by atoms with van der Waals surface area (Å²) in [5.74, 6) is -1.17. The van der Waals surface area contributed by atoms with Crippen molar-refractivity contribution in [3.8, 4) is 6.07 Å². The van der Waals surface area contributed by atoms with E-state index >= 15 is 0 Å². The van der Waals surface area contributed by atoms with Crippen LogP contribution in [0, 0.1) is 23.0 Å². The van der Waals surface area contributed by atoms with E-state index in [1.807, 2.05) is 6.07 Å². The number of rotatable bonds is 2. The first-order valence-electron chi connectivity index (χ1n) is 6.21. The third-order valence-electron chi connectivity index (χ3n) is 3.37. The van der Waals surface area contributed by atoms with Gasteiger partial charge in [-0.2, -0.15) is 5.26 Å². The van der Waals surface area contributed by atoms with Crippen LogP contribution in [0.5, 0.6) is 0 Å². The zero-order valence-corrected chi connectivity index (χ0v) is 12.4. The molecule has 2 aromatic carbocycles. The lowest BCUT2D eigenvalue weighted by Crippen LogP contribution is -2.04. The van der Waals surface area contributed by atoms with E-state index < -0.39 is 11.6 Å². The first kappa shape index (κ1) is 13.8. The van der Waals surface area contributed by atoms with Gasteiger partial charge in [0.05, 0.1) is 22.7 Å². The zero-order chi connectivity index (χ0) is 15.0. The number of hydrogen-bond donors (Lipinski definition) is 0. The maximum Gasteiger partial charge on any atom is 0.145 e. The van der Waals surface area contributed by atoms with Gasteiger partial charge in [-0.1, -0.05) is 0 Å². The average molecular weight is 347 g/mol. The maximum atomic E-state index is 14.0. The Hall–Kier alpha value is -2.19. The number of aromatic nitrogens is 1. The fraction of sp³-hybridized carbons (Fsp3) is 0.0625. The van der Waals surface area contributed by atoms with E-state index in [0.29, 0.717) is 5.56 Å². The largest absolute Gasteiger partial charge is 0.343 e. The van der Waals surface area contributed by atoms with Crippen molar-refractivity contribution in [3.63, 3.8) is 0 Å². The molecule has 0 spiro atoms. The van der Waals surface area contributed by atoms with Crippen molar-refractivity contribution < 1.29 is 8.78 Å². The summed E-state index contributed by atoms with van der Waals surface area (Å²) in [5.41, 5.74) is 1.39. The third kappa shape index (κ3) is 2.43. The quantitative estimate of drug-likeness (QED) is 0.623. The standard InChI is InChI=1S/C16H9BrF2N2/c17-13-2-3-14(18)12(16(13)19)9-21-6-5-11-7-10(8-20)1-4-15(11)21/h1-7H,9H2. The second-order valence-corrected chi connectivity index (χ2v) is 5.51. The second-order valence-electron chi connectivity index (χ2n) is 4.65. The summed E-state index contributed by atoms with van der Waals surface area (Å²) in [5, 5.41) is 9.75. The van der Waals surface area contributed by atoms with Crippen LogP contribution in [0.15, 0.2) is 47.1 Å². The minimum Gasteiger partial charge on any atom is -0.343 e. The number of hydrogen-bond acceptors (Lipinski definition) is 1. The van der Waals surface area contributed by atoms with Gasteiger partial charge in [0.1, 0.15) is 11.6 Å². The highest BCUT2D eigenvalue weighted by molar-refractivity contribution is 9.10. The lowest BCUT2D eigenvalue weighted by atomic mass is 10.1. The predicted octanol–water partition coefficient (Wildman–Crippen LogP) is 4.60. The minimum absolute atomic E-state index is 0.00577. The van der Waals surface area contributed by atoms with E-state index in [9.17, 15) is 8.78 Å². The molecule has 0 saturated carbocycles. The second kappa shape index (κ2) is 5.30. The molecule has 0 amide bonds. The zero-order valence-electron chi connectivity index (χ0n) is 10.8. The number of benzene rings is 2. The summed E-state index contributed by atoms with van der Waals surface area (Å²) >= 11 is 3.07. The minimum atomic E-state index is -0.592. The van der Waals surface area contributed by atoms with Gasteiger partial charge in [0.2, 0.25) is 0 Å². The molecule has 0 fully saturated rings. The van der Waals surface area contributed by atoms with Crippen LogP contribution in [0.25, 0.3) is 10.9 Å². The molecule has 5 heteroatoms. The van der Waals surface area contributed by atoms with E-state index in [4.69, 9.17) is 5.26 Å². The molecule has 0 bridgehead atoms. The van der Waals surface area contributed by atoms with E-state index in [0.717, 1.165) is 10.9 Å². The van der Waals surface area contributed by atoms with Crippen molar-refractivity contribution in [2.45, 2.75) is 6.54 Å². The van der Waals surface area contributed by atoms with Crippen LogP contribution in [0.2, 0.25) is 0 Å². The van der Waals surface area contributed by atoms with Crippen LogP contribution in [-0.2, 0) is 6.54 Å². The topological polar surface area (TPSA) is 28.7 Å². The fourth-order valence-electron chi connectivity index (χ4n) is 2.29. The van der Waals surface area contributed by atoms with Crippen molar-refractivity contribution in [1.29, 1.82) is 5.26 Å². The summed E-state index contributed by atoms with van der Waals surface area (Å²) < 4.78 is 29.8. The van der Waals surface area contributed by atoms with Crippen LogP contribution in [0.1, 0.15) is 11.1 Å². The molecule has 3 aromatic rings. The van der Waals surface area contributed by atoms with Crippen LogP contribution < -0.4 is 0 Å². The summed E-state index contributed by atoms with van der Waals surface area (Å²) in [6, 6.07) is 11.7. The number of nitriles is 1. The lowest BCUT2D eigenvalue weighted by Gasteiger charge is -2.09. The van der Waals surface area contributed by atoms with E-state index in [2.05, 4.69) is 22.0 Å². The average Bonchev–Trinajstić information content (AvgIpc) is 2.89. The van der Waals surface area contributed by atoms with Crippen molar-refractivity contribution >= 4 is 26.8 Å². The lowest BCUT2D eigenvalue weighted by molar-refractivity contribution is 0.543. The highest BCUT2D eigenvalue weighted by Gasteiger charge is 2.13. The van der Waals surface area contributed by atoms with Gasteiger partial charge in [-0.15, -0.1) is 0 Å². The Kier molecular flexibility index (Phi) is 3.48. The van der Waals surface area contributed by atoms with Gasteiger partial charge < -0.3 is 4.57 Å². The molecule has 0 unspecified atom stereocenters. The highest BCUT2D eigenvalue weighted by Crippen LogP contribution is 2.24. The molecule has 0 aliphatic carbocycles. The van der Waals surface area contributed by atoms with E-state index in [1.165, 1.54) is 12.1 Å². The molecule has 0 N–H and O–H groups in total.